The van der Waals surface area contributed by atoms with E-state index in [2.05, 4.69) is 40.0 Å². The van der Waals surface area contributed by atoms with Crippen LogP contribution in [-0.4, -0.2) is 12.6 Å². The Morgan fingerprint density at radius 2 is 2.28 bits per heavy atom. The van der Waals surface area contributed by atoms with Gasteiger partial charge < -0.3 is 10.1 Å². The summed E-state index contributed by atoms with van der Waals surface area (Å²) in [5, 5.41) is 3.52. The van der Waals surface area contributed by atoms with Crippen LogP contribution in [0.25, 0.3) is 0 Å². The largest absolute Gasteiger partial charge is 0.493 e. The van der Waals surface area contributed by atoms with Gasteiger partial charge in [0.05, 0.1) is 6.61 Å². The highest BCUT2D eigenvalue weighted by atomic mass is 79.9. The molecule has 0 unspecified atom stereocenters. The van der Waals surface area contributed by atoms with Crippen LogP contribution in [-0.2, 0) is 6.54 Å². The lowest BCUT2D eigenvalue weighted by Gasteiger charge is -2.10. The van der Waals surface area contributed by atoms with Crippen molar-refractivity contribution in [2.75, 3.05) is 6.61 Å². The quantitative estimate of drug-likeness (QED) is 0.767. The molecule has 1 aromatic rings. The predicted octanol–water partition coefficient (Wildman–Crippen LogP) is 4.05. The lowest BCUT2D eigenvalue weighted by molar-refractivity contribution is 0.321. The minimum atomic E-state index is 0.701. The van der Waals surface area contributed by atoms with Gasteiger partial charge in [-0.3, -0.25) is 0 Å². The number of hydrogen-bond acceptors (Lipinski definition) is 2. The summed E-state index contributed by atoms with van der Waals surface area (Å²) in [6.45, 7) is 7.51. The summed E-state index contributed by atoms with van der Waals surface area (Å²) in [6, 6.07) is 6.89. The van der Waals surface area contributed by atoms with Crippen molar-refractivity contribution in [3.05, 3.63) is 40.4 Å². The fourth-order valence-corrected chi connectivity index (χ4v) is 2.05. The van der Waals surface area contributed by atoms with Crippen molar-refractivity contribution in [2.24, 2.45) is 0 Å². The molecular formula is C15H20BrNO. The fourth-order valence-electron chi connectivity index (χ4n) is 1.66. The van der Waals surface area contributed by atoms with E-state index in [4.69, 9.17) is 4.74 Å². The van der Waals surface area contributed by atoms with Crippen LogP contribution in [0.3, 0.4) is 0 Å². The molecule has 0 heterocycles. The predicted molar refractivity (Wildman–Crippen MR) is 78.9 cm³/mol. The summed E-state index contributed by atoms with van der Waals surface area (Å²) >= 11 is 3.58. The van der Waals surface area contributed by atoms with Crippen LogP contribution in [0.2, 0.25) is 0 Å². The second kappa shape index (κ2) is 6.39. The van der Waals surface area contributed by atoms with Gasteiger partial charge in [-0.25, -0.2) is 0 Å². The molecule has 3 heteroatoms. The Morgan fingerprint density at radius 1 is 1.50 bits per heavy atom. The number of nitrogens with one attached hydrogen (secondary N) is 1. The first-order valence-electron chi connectivity index (χ1n) is 6.44. The van der Waals surface area contributed by atoms with Crippen molar-refractivity contribution >= 4 is 15.9 Å². The molecule has 0 amide bonds. The van der Waals surface area contributed by atoms with E-state index in [0.29, 0.717) is 6.61 Å². The molecule has 1 aliphatic rings. The highest BCUT2D eigenvalue weighted by Gasteiger charge is 2.20. The van der Waals surface area contributed by atoms with Crippen molar-refractivity contribution < 1.29 is 4.74 Å². The van der Waals surface area contributed by atoms with E-state index in [0.717, 1.165) is 34.8 Å². The van der Waals surface area contributed by atoms with Crippen molar-refractivity contribution in [1.29, 1.82) is 0 Å². The monoisotopic (exact) mass is 309 g/mol. The Hall–Kier alpha value is -0.800. The van der Waals surface area contributed by atoms with Gasteiger partial charge >= 0.3 is 0 Å². The smallest absolute Gasteiger partial charge is 0.119 e. The molecule has 0 aliphatic heterocycles. The Balaban J connectivity index is 1.89. The zero-order valence-corrected chi connectivity index (χ0v) is 12.4. The maximum Gasteiger partial charge on any atom is 0.119 e. The number of ether oxygens (including phenoxy) is 1. The molecule has 2 rings (SSSR count). The van der Waals surface area contributed by atoms with Gasteiger partial charge in [-0.2, -0.15) is 0 Å². The maximum absolute atomic E-state index is 5.73. The van der Waals surface area contributed by atoms with E-state index in [1.165, 1.54) is 18.4 Å². The van der Waals surface area contributed by atoms with Gasteiger partial charge in [0.15, 0.2) is 0 Å². The van der Waals surface area contributed by atoms with Crippen LogP contribution in [0.4, 0.5) is 0 Å². The summed E-state index contributed by atoms with van der Waals surface area (Å²) in [5.41, 5.74) is 2.41. The Morgan fingerprint density at radius 3 is 2.94 bits per heavy atom. The third kappa shape index (κ3) is 4.46. The fraction of sp³-hybridized carbons (Fsp3) is 0.467. The number of halogens is 1. The van der Waals surface area contributed by atoms with Crippen molar-refractivity contribution in [3.63, 3.8) is 0 Å². The zero-order valence-electron chi connectivity index (χ0n) is 10.8. The van der Waals surface area contributed by atoms with Crippen molar-refractivity contribution in [2.45, 2.75) is 38.8 Å². The lowest BCUT2D eigenvalue weighted by atomic mass is 10.2. The van der Waals surface area contributed by atoms with Gasteiger partial charge in [0.2, 0.25) is 0 Å². The topological polar surface area (TPSA) is 21.3 Å². The van der Waals surface area contributed by atoms with Crippen molar-refractivity contribution in [3.8, 4) is 5.75 Å². The van der Waals surface area contributed by atoms with Gasteiger partial charge in [0.1, 0.15) is 5.75 Å². The summed E-state index contributed by atoms with van der Waals surface area (Å²) in [5.74, 6) is 0.937. The number of rotatable bonds is 7. The molecule has 1 aliphatic carbocycles. The first-order valence-corrected chi connectivity index (χ1v) is 7.23. The SMILES string of the molecule is C=C(C)CCOc1ccc(Br)c(CNC2CC2)c1. The molecule has 1 saturated carbocycles. The molecule has 1 aromatic carbocycles. The summed E-state index contributed by atoms with van der Waals surface area (Å²) in [7, 11) is 0. The van der Waals surface area contributed by atoms with Gasteiger partial charge in [0.25, 0.3) is 0 Å². The minimum absolute atomic E-state index is 0.701. The zero-order chi connectivity index (χ0) is 13.0. The minimum Gasteiger partial charge on any atom is -0.493 e. The van der Waals surface area contributed by atoms with Crippen LogP contribution < -0.4 is 10.1 Å². The van der Waals surface area contributed by atoms with E-state index in [-0.39, 0.29) is 0 Å². The molecule has 2 nitrogen and oxygen atoms in total. The second-order valence-electron chi connectivity index (χ2n) is 4.96. The maximum atomic E-state index is 5.73. The molecule has 0 radical (unpaired) electrons. The van der Waals surface area contributed by atoms with E-state index >= 15 is 0 Å². The van der Waals surface area contributed by atoms with Gasteiger partial charge in [-0.15, -0.1) is 6.58 Å². The highest BCUT2D eigenvalue weighted by Crippen LogP contribution is 2.25. The van der Waals surface area contributed by atoms with E-state index in [1.54, 1.807) is 0 Å². The molecule has 0 aromatic heterocycles. The average molecular weight is 310 g/mol. The van der Waals surface area contributed by atoms with Gasteiger partial charge in [-0.1, -0.05) is 21.5 Å². The standard InChI is InChI=1S/C15H20BrNO/c1-11(2)7-8-18-14-5-6-15(16)12(9-14)10-17-13-3-4-13/h5-6,9,13,17H,1,3-4,7-8,10H2,2H3. The lowest BCUT2D eigenvalue weighted by Crippen LogP contribution is -2.15. The van der Waals surface area contributed by atoms with E-state index < -0.39 is 0 Å². The molecule has 0 saturated heterocycles. The van der Waals surface area contributed by atoms with Gasteiger partial charge in [-0.05, 0) is 43.5 Å². The van der Waals surface area contributed by atoms with Crippen LogP contribution >= 0.6 is 15.9 Å². The van der Waals surface area contributed by atoms with E-state index in [1.807, 2.05) is 13.0 Å². The third-order valence-electron chi connectivity index (χ3n) is 2.97. The second-order valence-corrected chi connectivity index (χ2v) is 5.82. The Bertz CT molecular complexity index is 427. The van der Waals surface area contributed by atoms with Crippen LogP contribution in [0.1, 0.15) is 31.7 Å². The average Bonchev–Trinajstić information content (AvgIpc) is 3.13. The molecular weight excluding hydrogens is 290 g/mol. The van der Waals surface area contributed by atoms with E-state index in [9.17, 15) is 0 Å². The van der Waals surface area contributed by atoms with Crippen molar-refractivity contribution in [1.82, 2.24) is 5.32 Å². The Labute approximate surface area is 118 Å². The molecule has 18 heavy (non-hydrogen) atoms. The summed E-state index contributed by atoms with van der Waals surface area (Å²) < 4.78 is 6.87. The first-order chi connectivity index (χ1) is 8.65. The summed E-state index contributed by atoms with van der Waals surface area (Å²) in [6.07, 6.45) is 3.53. The van der Waals surface area contributed by atoms with Crippen LogP contribution in [0.15, 0.2) is 34.8 Å². The summed E-state index contributed by atoms with van der Waals surface area (Å²) in [4.78, 5) is 0. The van der Waals surface area contributed by atoms with Crippen LogP contribution in [0, 0.1) is 0 Å². The molecule has 0 atom stereocenters. The Kier molecular flexibility index (Phi) is 4.84. The normalized spacial score (nSPS) is 14.6. The molecule has 0 bridgehead atoms. The molecule has 1 N–H and O–H groups in total. The molecule has 98 valence electrons. The number of hydrogen-bond donors (Lipinski definition) is 1. The third-order valence-corrected chi connectivity index (χ3v) is 3.75. The van der Waals surface area contributed by atoms with Gasteiger partial charge in [0, 0.05) is 23.5 Å². The molecule has 0 spiro atoms. The molecule has 1 fully saturated rings. The van der Waals surface area contributed by atoms with Crippen LogP contribution in [0.5, 0.6) is 5.75 Å². The highest BCUT2D eigenvalue weighted by molar-refractivity contribution is 9.10. The first kappa shape index (κ1) is 13.6. The number of benzene rings is 1.